The third-order valence-electron chi connectivity index (χ3n) is 3.20. The SMILES string of the molecule is Cc1ccccc1C(=O)Nc1ccc(S(=O)(=O)NC(C)C)cc1. The normalized spacial score (nSPS) is 11.5. The fourth-order valence-corrected chi connectivity index (χ4v) is 3.37. The molecule has 0 saturated carbocycles. The van der Waals surface area contributed by atoms with Crippen LogP contribution in [0.25, 0.3) is 0 Å². The van der Waals surface area contributed by atoms with E-state index in [1.165, 1.54) is 12.1 Å². The van der Waals surface area contributed by atoms with Gasteiger partial charge < -0.3 is 5.32 Å². The van der Waals surface area contributed by atoms with E-state index in [1.54, 1.807) is 38.1 Å². The third kappa shape index (κ3) is 4.40. The molecule has 0 heterocycles. The van der Waals surface area contributed by atoms with E-state index in [2.05, 4.69) is 10.0 Å². The number of carbonyl (C=O) groups excluding carboxylic acids is 1. The first-order valence-corrected chi connectivity index (χ1v) is 8.77. The number of anilines is 1. The summed E-state index contributed by atoms with van der Waals surface area (Å²) in [5.74, 6) is -0.223. The molecule has 2 aromatic carbocycles. The summed E-state index contributed by atoms with van der Waals surface area (Å²) in [5, 5.41) is 2.76. The van der Waals surface area contributed by atoms with Gasteiger partial charge in [0.05, 0.1) is 4.90 Å². The number of hydrogen-bond acceptors (Lipinski definition) is 3. The van der Waals surface area contributed by atoms with Gasteiger partial charge in [0.15, 0.2) is 0 Å². The molecule has 0 atom stereocenters. The number of nitrogens with one attached hydrogen (secondary N) is 2. The number of carbonyl (C=O) groups is 1. The van der Waals surface area contributed by atoms with Crippen molar-refractivity contribution in [2.75, 3.05) is 5.32 Å². The Labute approximate surface area is 136 Å². The van der Waals surface area contributed by atoms with Gasteiger partial charge in [-0.3, -0.25) is 4.79 Å². The first-order valence-electron chi connectivity index (χ1n) is 7.29. The zero-order valence-corrected chi connectivity index (χ0v) is 14.1. The van der Waals surface area contributed by atoms with Gasteiger partial charge in [0, 0.05) is 17.3 Å². The molecule has 23 heavy (non-hydrogen) atoms. The van der Waals surface area contributed by atoms with Crippen LogP contribution in [0.3, 0.4) is 0 Å². The standard InChI is InChI=1S/C17H20N2O3S/c1-12(2)19-23(21,22)15-10-8-14(9-11-15)18-17(20)16-7-5-4-6-13(16)3/h4-12,19H,1-3H3,(H,18,20). The highest BCUT2D eigenvalue weighted by molar-refractivity contribution is 7.89. The lowest BCUT2D eigenvalue weighted by Crippen LogP contribution is -2.30. The Balaban J connectivity index is 2.15. The van der Waals surface area contributed by atoms with Crippen molar-refractivity contribution in [3.05, 3.63) is 59.7 Å². The van der Waals surface area contributed by atoms with Gasteiger partial charge in [-0.1, -0.05) is 18.2 Å². The van der Waals surface area contributed by atoms with Crippen LogP contribution in [0.1, 0.15) is 29.8 Å². The number of amides is 1. The zero-order valence-electron chi connectivity index (χ0n) is 13.3. The number of rotatable bonds is 5. The molecular weight excluding hydrogens is 312 g/mol. The summed E-state index contributed by atoms with van der Waals surface area (Å²) in [7, 11) is -3.53. The first kappa shape index (κ1) is 17.2. The average molecular weight is 332 g/mol. The fourth-order valence-electron chi connectivity index (χ4n) is 2.12. The highest BCUT2D eigenvalue weighted by Gasteiger charge is 2.15. The van der Waals surface area contributed by atoms with Crippen molar-refractivity contribution in [3.8, 4) is 0 Å². The van der Waals surface area contributed by atoms with Crippen LogP contribution in [-0.4, -0.2) is 20.4 Å². The summed E-state index contributed by atoms with van der Waals surface area (Å²) in [5.41, 5.74) is 2.01. The molecule has 0 bridgehead atoms. The van der Waals surface area contributed by atoms with Crippen LogP contribution in [0.15, 0.2) is 53.4 Å². The smallest absolute Gasteiger partial charge is 0.255 e. The largest absolute Gasteiger partial charge is 0.322 e. The Bertz CT molecular complexity index is 797. The predicted molar refractivity (Wildman–Crippen MR) is 91.0 cm³/mol. The Kier molecular flexibility index (Phi) is 5.18. The summed E-state index contributed by atoms with van der Waals surface area (Å²) >= 11 is 0. The van der Waals surface area contributed by atoms with E-state index in [0.29, 0.717) is 11.3 Å². The van der Waals surface area contributed by atoms with Crippen LogP contribution in [0.5, 0.6) is 0 Å². The molecule has 0 aliphatic carbocycles. The second-order valence-electron chi connectivity index (χ2n) is 5.57. The van der Waals surface area contributed by atoms with Crippen LogP contribution in [0, 0.1) is 6.92 Å². The summed E-state index contributed by atoms with van der Waals surface area (Å²) in [6, 6.07) is 13.2. The van der Waals surface area contributed by atoms with Gasteiger partial charge in [-0.05, 0) is 56.7 Å². The Morgan fingerprint density at radius 2 is 1.61 bits per heavy atom. The molecule has 0 spiro atoms. The van der Waals surface area contributed by atoms with E-state index >= 15 is 0 Å². The second-order valence-corrected chi connectivity index (χ2v) is 7.28. The van der Waals surface area contributed by atoms with Gasteiger partial charge >= 0.3 is 0 Å². The molecule has 2 N–H and O–H groups in total. The Morgan fingerprint density at radius 3 is 2.17 bits per heavy atom. The minimum absolute atomic E-state index is 0.167. The van der Waals surface area contributed by atoms with Crippen molar-refractivity contribution in [2.45, 2.75) is 31.7 Å². The van der Waals surface area contributed by atoms with E-state index in [-0.39, 0.29) is 16.8 Å². The highest BCUT2D eigenvalue weighted by Crippen LogP contribution is 2.16. The molecule has 122 valence electrons. The minimum atomic E-state index is -3.53. The minimum Gasteiger partial charge on any atom is -0.322 e. The third-order valence-corrected chi connectivity index (χ3v) is 4.88. The van der Waals surface area contributed by atoms with Crippen molar-refractivity contribution in [1.82, 2.24) is 4.72 Å². The van der Waals surface area contributed by atoms with Crippen LogP contribution in [0.4, 0.5) is 5.69 Å². The molecule has 2 rings (SSSR count). The maximum atomic E-state index is 12.2. The lowest BCUT2D eigenvalue weighted by Gasteiger charge is -2.11. The van der Waals surface area contributed by atoms with Crippen LogP contribution < -0.4 is 10.0 Å². The zero-order chi connectivity index (χ0) is 17.0. The molecule has 1 amide bonds. The number of benzene rings is 2. The molecule has 0 aliphatic rings. The fraction of sp³-hybridized carbons (Fsp3) is 0.235. The molecule has 0 aromatic heterocycles. The number of hydrogen-bond donors (Lipinski definition) is 2. The molecule has 6 heteroatoms. The highest BCUT2D eigenvalue weighted by atomic mass is 32.2. The molecule has 0 unspecified atom stereocenters. The van der Waals surface area contributed by atoms with E-state index in [4.69, 9.17) is 0 Å². The maximum absolute atomic E-state index is 12.2. The maximum Gasteiger partial charge on any atom is 0.255 e. The van der Waals surface area contributed by atoms with Crippen molar-refractivity contribution < 1.29 is 13.2 Å². The van der Waals surface area contributed by atoms with Gasteiger partial charge in [0.2, 0.25) is 10.0 Å². The van der Waals surface area contributed by atoms with Gasteiger partial charge in [0.25, 0.3) is 5.91 Å². The van der Waals surface area contributed by atoms with Gasteiger partial charge in [-0.15, -0.1) is 0 Å². The van der Waals surface area contributed by atoms with Crippen LogP contribution >= 0.6 is 0 Å². The van der Waals surface area contributed by atoms with Crippen molar-refractivity contribution in [2.24, 2.45) is 0 Å². The van der Waals surface area contributed by atoms with E-state index in [1.807, 2.05) is 19.1 Å². The number of aryl methyl sites for hydroxylation is 1. The lowest BCUT2D eigenvalue weighted by atomic mass is 10.1. The lowest BCUT2D eigenvalue weighted by molar-refractivity contribution is 0.102. The van der Waals surface area contributed by atoms with Crippen LogP contribution in [-0.2, 0) is 10.0 Å². The van der Waals surface area contributed by atoms with E-state index in [9.17, 15) is 13.2 Å². The van der Waals surface area contributed by atoms with Gasteiger partial charge in [-0.25, -0.2) is 13.1 Å². The summed E-state index contributed by atoms with van der Waals surface area (Å²) in [4.78, 5) is 12.4. The van der Waals surface area contributed by atoms with E-state index in [0.717, 1.165) is 5.56 Å². The van der Waals surface area contributed by atoms with Crippen molar-refractivity contribution in [3.63, 3.8) is 0 Å². The summed E-state index contributed by atoms with van der Waals surface area (Å²) in [6.07, 6.45) is 0. The van der Waals surface area contributed by atoms with E-state index < -0.39 is 10.0 Å². The average Bonchev–Trinajstić information content (AvgIpc) is 2.47. The Morgan fingerprint density at radius 1 is 1.00 bits per heavy atom. The van der Waals surface area contributed by atoms with Gasteiger partial charge in [0.1, 0.15) is 0 Å². The van der Waals surface area contributed by atoms with Crippen molar-refractivity contribution in [1.29, 1.82) is 0 Å². The molecule has 0 radical (unpaired) electrons. The summed E-state index contributed by atoms with van der Waals surface area (Å²) in [6.45, 7) is 5.38. The molecule has 0 saturated heterocycles. The molecule has 0 aliphatic heterocycles. The Hall–Kier alpha value is -2.18. The molecule has 2 aromatic rings. The molecule has 5 nitrogen and oxygen atoms in total. The number of sulfonamides is 1. The molecule has 0 fully saturated rings. The molecular formula is C17H20N2O3S. The predicted octanol–water partition coefficient (Wildman–Crippen LogP) is 2.93. The summed E-state index contributed by atoms with van der Waals surface area (Å²) < 4.78 is 26.6. The van der Waals surface area contributed by atoms with Crippen molar-refractivity contribution >= 4 is 21.6 Å². The second kappa shape index (κ2) is 6.93. The monoisotopic (exact) mass is 332 g/mol. The quantitative estimate of drug-likeness (QED) is 0.884. The first-order chi connectivity index (χ1) is 10.8. The van der Waals surface area contributed by atoms with Crippen LogP contribution in [0.2, 0.25) is 0 Å². The van der Waals surface area contributed by atoms with Gasteiger partial charge in [-0.2, -0.15) is 0 Å². The topological polar surface area (TPSA) is 75.3 Å².